The van der Waals surface area contributed by atoms with Gasteiger partial charge in [0.2, 0.25) is 0 Å². The summed E-state index contributed by atoms with van der Waals surface area (Å²) in [5.41, 5.74) is -3.34. The maximum Gasteiger partial charge on any atom is 0.417 e. The molecular formula is C12H12F5NO2. The zero-order chi connectivity index (χ0) is 15.5. The lowest BCUT2D eigenvalue weighted by Crippen LogP contribution is -2.17. The average Bonchev–Trinajstić information content (AvgIpc) is 2.29. The molecule has 0 N–H and O–H groups in total. The van der Waals surface area contributed by atoms with Crippen molar-refractivity contribution in [1.29, 1.82) is 0 Å². The molecule has 1 aromatic rings. The highest BCUT2D eigenvalue weighted by atomic mass is 19.4. The van der Waals surface area contributed by atoms with Crippen LogP contribution in [0.15, 0.2) is 6.20 Å². The Morgan fingerprint density at radius 1 is 1.40 bits per heavy atom. The van der Waals surface area contributed by atoms with Gasteiger partial charge in [0.25, 0.3) is 6.43 Å². The molecule has 0 saturated heterocycles. The Labute approximate surface area is 111 Å². The number of hydrogen-bond donors (Lipinski definition) is 0. The quantitative estimate of drug-likeness (QED) is 0.631. The van der Waals surface area contributed by atoms with Gasteiger partial charge in [0.1, 0.15) is 0 Å². The first-order valence-electron chi connectivity index (χ1n) is 5.67. The van der Waals surface area contributed by atoms with Gasteiger partial charge < -0.3 is 4.74 Å². The highest BCUT2D eigenvalue weighted by molar-refractivity contribution is 5.72. The van der Waals surface area contributed by atoms with Gasteiger partial charge in [0.05, 0.1) is 24.3 Å². The third kappa shape index (κ3) is 3.64. The number of hydrogen-bond acceptors (Lipinski definition) is 3. The fourth-order valence-corrected chi connectivity index (χ4v) is 1.74. The summed E-state index contributed by atoms with van der Waals surface area (Å²) in [4.78, 5) is 14.8. The molecule has 8 heteroatoms. The monoisotopic (exact) mass is 297 g/mol. The second-order valence-corrected chi connectivity index (χ2v) is 3.94. The number of rotatable bonds is 4. The summed E-state index contributed by atoms with van der Waals surface area (Å²) in [5, 5.41) is 0. The van der Waals surface area contributed by atoms with E-state index in [1.807, 2.05) is 0 Å². The van der Waals surface area contributed by atoms with E-state index in [-0.39, 0.29) is 12.3 Å². The third-order valence-corrected chi connectivity index (χ3v) is 2.59. The zero-order valence-corrected chi connectivity index (χ0v) is 10.7. The van der Waals surface area contributed by atoms with E-state index in [0.29, 0.717) is 6.20 Å². The highest BCUT2D eigenvalue weighted by Gasteiger charge is 2.38. The number of esters is 1. The van der Waals surface area contributed by atoms with Crippen molar-refractivity contribution in [2.24, 2.45) is 0 Å². The van der Waals surface area contributed by atoms with Gasteiger partial charge in [-0.2, -0.15) is 13.2 Å². The van der Waals surface area contributed by atoms with Crippen molar-refractivity contribution < 1.29 is 31.5 Å². The minimum atomic E-state index is -4.94. The molecule has 0 radical (unpaired) electrons. The molecule has 0 spiro atoms. The molecule has 20 heavy (non-hydrogen) atoms. The molecule has 0 aliphatic rings. The summed E-state index contributed by atoms with van der Waals surface area (Å²) in [7, 11) is 0. The van der Waals surface area contributed by atoms with Crippen LogP contribution in [0.1, 0.15) is 35.7 Å². The number of carbonyl (C=O) groups excluding carboxylic acids is 1. The molecule has 0 unspecified atom stereocenters. The fraction of sp³-hybridized carbons (Fsp3) is 0.500. The van der Waals surface area contributed by atoms with E-state index in [9.17, 15) is 26.7 Å². The predicted molar refractivity (Wildman–Crippen MR) is 59.3 cm³/mol. The Morgan fingerprint density at radius 3 is 2.45 bits per heavy atom. The van der Waals surface area contributed by atoms with Gasteiger partial charge in [0, 0.05) is 11.8 Å². The molecule has 112 valence electrons. The summed E-state index contributed by atoms with van der Waals surface area (Å²) < 4.78 is 68.4. The van der Waals surface area contributed by atoms with Gasteiger partial charge in [-0.25, -0.2) is 8.78 Å². The zero-order valence-electron chi connectivity index (χ0n) is 10.7. The Kier molecular flexibility index (Phi) is 5.02. The summed E-state index contributed by atoms with van der Waals surface area (Å²) in [5.74, 6) is -0.763. The average molecular weight is 297 g/mol. The summed E-state index contributed by atoms with van der Waals surface area (Å²) in [6.45, 7) is 2.62. The lowest BCUT2D eigenvalue weighted by Gasteiger charge is -2.17. The summed E-state index contributed by atoms with van der Waals surface area (Å²) in [6, 6.07) is 0. The topological polar surface area (TPSA) is 39.2 Å². The molecule has 1 heterocycles. The second-order valence-electron chi connectivity index (χ2n) is 3.94. The maximum atomic E-state index is 12.9. The number of ether oxygens (including phenoxy) is 1. The second kappa shape index (κ2) is 6.15. The lowest BCUT2D eigenvalue weighted by atomic mass is 10.0. The Balaban J connectivity index is 3.28. The van der Waals surface area contributed by atoms with Crippen molar-refractivity contribution in [1.82, 2.24) is 4.98 Å². The van der Waals surface area contributed by atoms with E-state index in [1.165, 1.54) is 0 Å². The Hall–Kier alpha value is -1.73. The summed E-state index contributed by atoms with van der Waals surface area (Å²) >= 11 is 0. The largest absolute Gasteiger partial charge is 0.466 e. The van der Waals surface area contributed by atoms with Gasteiger partial charge in [-0.05, 0) is 19.4 Å². The van der Waals surface area contributed by atoms with Crippen molar-refractivity contribution in [3.63, 3.8) is 0 Å². The minimum Gasteiger partial charge on any atom is -0.466 e. The Morgan fingerprint density at radius 2 is 2.00 bits per heavy atom. The van der Waals surface area contributed by atoms with Crippen LogP contribution in [0.4, 0.5) is 22.0 Å². The van der Waals surface area contributed by atoms with E-state index < -0.39 is 41.7 Å². The molecule has 0 saturated carbocycles. The minimum absolute atomic E-state index is 0.0686. The molecule has 0 amide bonds. The number of alkyl halides is 5. The van der Waals surface area contributed by atoms with E-state index in [2.05, 4.69) is 9.72 Å². The van der Waals surface area contributed by atoms with Gasteiger partial charge in [-0.15, -0.1) is 0 Å². The molecule has 3 nitrogen and oxygen atoms in total. The van der Waals surface area contributed by atoms with Crippen LogP contribution in [0, 0.1) is 6.92 Å². The van der Waals surface area contributed by atoms with E-state index in [0.717, 1.165) is 6.92 Å². The Bertz CT molecular complexity index is 499. The standard InChI is InChI=1S/C12H12F5NO2/c1-3-20-9(19)4-8-6(2)10(12(15,16)17)7(5-18-8)11(13)14/h5,11H,3-4H2,1-2H3. The van der Waals surface area contributed by atoms with E-state index in [1.54, 1.807) is 6.92 Å². The third-order valence-electron chi connectivity index (χ3n) is 2.59. The first-order chi connectivity index (χ1) is 9.18. The summed E-state index contributed by atoms with van der Waals surface area (Å²) in [6.07, 6.45) is -8.28. The molecular weight excluding hydrogens is 285 g/mol. The fourth-order valence-electron chi connectivity index (χ4n) is 1.74. The van der Waals surface area contributed by atoms with Crippen molar-refractivity contribution in [2.75, 3.05) is 6.61 Å². The van der Waals surface area contributed by atoms with Crippen molar-refractivity contribution >= 4 is 5.97 Å². The van der Waals surface area contributed by atoms with Gasteiger partial charge >= 0.3 is 12.1 Å². The number of nitrogens with zero attached hydrogens (tertiary/aromatic N) is 1. The molecule has 0 aliphatic carbocycles. The molecule has 1 rings (SSSR count). The van der Waals surface area contributed by atoms with Crippen LogP contribution in [0.2, 0.25) is 0 Å². The van der Waals surface area contributed by atoms with Crippen LogP contribution in [-0.2, 0) is 22.1 Å². The van der Waals surface area contributed by atoms with E-state index >= 15 is 0 Å². The number of aromatic nitrogens is 1. The maximum absolute atomic E-state index is 12.9. The highest BCUT2D eigenvalue weighted by Crippen LogP contribution is 2.38. The molecule has 0 atom stereocenters. The molecule has 0 fully saturated rings. The van der Waals surface area contributed by atoms with E-state index in [4.69, 9.17) is 0 Å². The van der Waals surface area contributed by atoms with Crippen molar-refractivity contribution in [3.8, 4) is 0 Å². The SMILES string of the molecule is CCOC(=O)Cc1ncc(C(F)F)c(C(F)(F)F)c1C. The van der Waals surface area contributed by atoms with Crippen LogP contribution >= 0.6 is 0 Å². The predicted octanol–water partition coefficient (Wildman–Crippen LogP) is 3.45. The van der Waals surface area contributed by atoms with Crippen molar-refractivity contribution in [2.45, 2.75) is 32.9 Å². The van der Waals surface area contributed by atoms with Crippen LogP contribution in [0.5, 0.6) is 0 Å². The number of halogens is 5. The first kappa shape index (κ1) is 16.3. The molecule has 0 aromatic carbocycles. The number of carbonyl (C=O) groups is 1. The van der Waals surface area contributed by atoms with Crippen LogP contribution < -0.4 is 0 Å². The molecule has 1 aromatic heterocycles. The van der Waals surface area contributed by atoms with Crippen LogP contribution in [0.3, 0.4) is 0 Å². The molecule has 0 bridgehead atoms. The lowest BCUT2D eigenvalue weighted by molar-refractivity contribution is -0.143. The van der Waals surface area contributed by atoms with Crippen LogP contribution in [0.25, 0.3) is 0 Å². The first-order valence-corrected chi connectivity index (χ1v) is 5.67. The van der Waals surface area contributed by atoms with Crippen molar-refractivity contribution in [3.05, 3.63) is 28.6 Å². The smallest absolute Gasteiger partial charge is 0.417 e. The van der Waals surface area contributed by atoms with Crippen LogP contribution in [-0.4, -0.2) is 17.6 Å². The van der Waals surface area contributed by atoms with Gasteiger partial charge in [0.15, 0.2) is 0 Å². The van der Waals surface area contributed by atoms with Gasteiger partial charge in [-0.1, -0.05) is 0 Å². The number of pyridine rings is 1. The molecule has 0 aliphatic heterocycles. The normalized spacial score (nSPS) is 11.8. The van der Waals surface area contributed by atoms with Gasteiger partial charge in [-0.3, -0.25) is 9.78 Å².